The minimum absolute atomic E-state index is 0.0204. The van der Waals surface area contributed by atoms with Crippen molar-refractivity contribution in [2.24, 2.45) is 7.05 Å². The van der Waals surface area contributed by atoms with Gasteiger partial charge in [0.1, 0.15) is 11.4 Å². The molecule has 186 valence electrons. The quantitative estimate of drug-likeness (QED) is 0.328. The highest BCUT2D eigenvalue weighted by Crippen LogP contribution is 2.31. The maximum Gasteiger partial charge on any atom is 0.290 e. The van der Waals surface area contributed by atoms with E-state index in [9.17, 15) is 19.5 Å². The Morgan fingerprint density at radius 2 is 1.83 bits per heavy atom. The van der Waals surface area contributed by atoms with Crippen molar-refractivity contribution in [2.75, 3.05) is 31.3 Å². The van der Waals surface area contributed by atoms with E-state index in [0.717, 1.165) is 10.2 Å². The van der Waals surface area contributed by atoms with Gasteiger partial charge in [0, 0.05) is 27.2 Å². The lowest BCUT2D eigenvalue weighted by Crippen LogP contribution is -2.35. The number of aromatic amines is 1. The van der Waals surface area contributed by atoms with Crippen LogP contribution in [-0.2, 0) is 18.4 Å². The number of rotatable bonds is 10. The second kappa shape index (κ2) is 11.4. The van der Waals surface area contributed by atoms with Crippen LogP contribution in [-0.4, -0.2) is 52.4 Å². The van der Waals surface area contributed by atoms with Crippen LogP contribution in [0, 0.1) is 0 Å². The van der Waals surface area contributed by atoms with E-state index < -0.39 is 17.0 Å². The maximum atomic E-state index is 13.0. The highest BCUT2D eigenvalue weighted by molar-refractivity contribution is 5.98. The number of aromatic hydroxyl groups is 1. The predicted octanol–water partition coefficient (Wildman–Crippen LogP) is 2.63. The molecule has 0 fully saturated rings. The molecule has 10 heteroatoms. The van der Waals surface area contributed by atoms with Crippen LogP contribution >= 0.6 is 0 Å². The summed E-state index contributed by atoms with van der Waals surface area (Å²) in [5.74, 6) is -0.720. The Hall–Kier alpha value is -4.05. The number of phenolic OH excluding ortho intramolecular Hbond substituents is 1. The van der Waals surface area contributed by atoms with Crippen LogP contribution in [0.25, 0.3) is 0 Å². The van der Waals surface area contributed by atoms with E-state index in [1.807, 2.05) is 37.3 Å². The summed E-state index contributed by atoms with van der Waals surface area (Å²) in [5, 5.41) is 19.2. The molecule has 35 heavy (non-hydrogen) atoms. The van der Waals surface area contributed by atoms with Crippen LogP contribution in [0.4, 0.5) is 17.1 Å². The smallest absolute Gasteiger partial charge is 0.290 e. The van der Waals surface area contributed by atoms with E-state index in [-0.39, 0.29) is 34.4 Å². The molecule has 1 amide bonds. The predicted molar refractivity (Wildman–Crippen MR) is 136 cm³/mol. The molecule has 3 aromatic rings. The standard InChI is InChI=1S/C25H31N5O5/c1-5-17(15-35-14-16-10-7-6-8-11-16)26-20-21(25(34)30(4)28-23(20)32)27-19-13-9-12-18(22(19)31)24(33)29(2)3/h6-13,17,26-27,31H,5,14-15H2,1-4H3,(H,28,32)/t17-/m1/s1. The van der Waals surface area contributed by atoms with Crippen LogP contribution in [0.5, 0.6) is 5.75 Å². The van der Waals surface area contributed by atoms with Crippen molar-refractivity contribution in [1.29, 1.82) is 0 Å². The average molecular weight is 482 g/mol. The molecule has 2 aromatic carbocycles. The Morgan fingerprint density at radius 3 is 2.49 bits per heavy atom. The molecule has 0 aliphatic heterocycles. The molecule has 0 unspecified atom stereocenters. The number of aromatic nitrogens is 2. The van der Waals surface area contributed by atoms with Gasteiger partial charge in [-0.05, 0) is 24.1 Å². The van der Waals surface area contributed by atoms with Gasteiger partial charge in [-0.2, -0.15) is 0 Å². The van der Waals surface area contributed by atoms with Crippen molar-refractivity contribution in [1.82, 2.24) is 14.7 Å². The number of benzene rings is 2. The SMILES string of the molecule is CC[C@H](COCc1ccccc1)Nc1c(Nc2cccc(C(=O)N(C)C)c2O)c(=O)n(C)[nH]c1=O. The number of aryl methyl sites for hydroxylation is 1. The van der Waals surface area contributed by atoms with E-state index in [1.54, 1.807) is 20.2 Å². The molecule has 4 N–H and O–H groups in total. The first kappa shape index (κ1) is 25.6. The van der Waals surface area contributed by atoms with Crippen molar-refractivity contribution in [3.05, 3.63) is 80.4 Å². The number of amides is 1. The molecule has 1 atom stereocenters. The number of para-hydroxylation sites is 1. The van der Waals surface area contributed by atoms with Crippen LogP contribution in [0.1, 0.15) is 29.3 Å². The third kappa shape index (κ3) is 6.10. The van der Waals surface area contributed by atoms with E-state index in [0.29, 0.717) is 19.6 Å². The molecule has 0 spiro atoms. The van der Waals surface area contributed by atoms with Gasteiger partial charge >= 0.3 is 0 Å². The zero-order chi connectivity index (χ0) is 25.5. The number of hydrogen-bond donors (Lipinski definition) is 4. The molecule has 3 rings (SSSR count). The zero-order valence-electron chi connectivity index (χ0n) is 20.3. The van der Waals surface area contributed by atoms with Gasteiger partial charge in [0.05, 0.1) is 24.5 Å². The Kier molecular flexibility index (Phi) is 8.32. The van der Waals surface area contributed by atoms with E-state index in [1.165, 1.54) is 24.1 Å². The first-order valence-electron chi connectivity index (χ1n) is 11.2. The first-order chi connectivity index (χ1) is 16.7. The summed E-state index contributed by atoms with van der Waals surface area (Å²) in [6.45, 7) is 2.66. The number of ether oxygens (including phenoxy) is 1. The number of phenols is 1. The number of H-pyrrole nitrogens is 1. The van der Waals surface area contributed by atoms with Crippen molar-refractivity contribution in [2.45, 2.75) is 26.0 Å². The van der Waals surface area contributed by atoms with E-state index >= 15 is 0 Å². The molecule has 0 bridgehead atoms. The minimum atomic E-state index is -0.518. The van der Waals surface area contributed by atoms with Gasteiger partial charge in [-0.1, -0.05) is 43.3 Å². The highest BCUT2D eigenvalue weighted by atomic mass is 16.5. The number of nitrogens with one attached hydrogen (secondary N) is 3. The second-order valence-electron chi connectivity index (χ2n) is 8.33. The molecule has 0 aliphatic carbocycles. The number of carbonyl (C=O) groups is 1. The largest absolute Gasteiger partial charge is 0.505 e. The number of hydrogen-bond acceptors (Lipinski definition) is 7. The summed E-state index contributed by atoms with van der Waals surface area (Å²) < 4.78 is 6.87. The Morgan fingerprint density at radius 1 is 1.11 bits per heavy atom. The lowest BCUT2D eigenvalue weighted by molar-refractivity contribution is 0.0824. The summed E-state index contributed by atoms with van der Waals surface area (Å²) in [7, 11) is 4.56. The fourth-order valence-electron chi connectivity index (χ4n) is 3.45. The molecule has 10 nitrogen and oxygen atoms in total. The minimum Gasteiger partial charge on any atom is -0.505 e. The van der Waals surface area contributed by atoms with Crippen LogP contribution in [0.3, 0.4) is 0 Å². The topological polar surface area (TPSA) is 129 Å². The van der Waals surface area contributed by atoms with Crippen molar-refractivity contribution in [3.63, 3.8) is 0 Å². The summed E-state index contributed by atoms with van der Waals surface area (Å²) in [5.41, 5.74) is 0.147. The second-order valence-corrected chi connectivity index (χ2v) is 8.33. The van der Waals surface area contributed by atoms with Gasteiger partial charge in [-0.3, -0.25) is 24.2 Å². The molecule has 1 aromatic heterocycles. The molecular formula is C25H31N5O5. The molecule has 0 saturated heterocycles. The van der Waals surface area contributed by atoms with Gasteiger partial charge in [0.15, 0.2) is 5.75 Å². The van der Waals surface area contributed by atoms with Crippen LogP contribution in [0.2, 0.25) is 0 Å². The zero-order valence-corrected chi connectivity index (χ0v) is 20.3. The average Bonchev–Trinajstić information content (AvgIpc) is 2.84. The number of carbonyl (C=O) groups excluding carboxylic acids is 1. The molecule has 0 radical (unpaired) electrons. The normalized spacial score (nSPS) is 11.7. The summed E-state index contributed by atoms with van der Waals surface area (Å²) in [6, 6.07) is 14.0. The monoisotopic (exact) mass is 481 g/mol. The van der Waals surface area contributed by atoms with Gasteiger partial charge in [-0.25, -0.2) is 0 Å². The molecule has 0 aliphatic rings. The fraction of sp³-hybridized carbons (Fsp3) is 0.320. The summed E-state index contributed by atoms with van der Waals surface area (Å²) in [4.78, 5) is 39.5. The maximum absolute atomic E-state index is 13.0. The third-order valence-corrected chi connectivity index (χ3v) is 5.47. The fourth-order valence-corrected chi connectivity index (χ4v) is 3.45. The third-order valence-electron chi connectivity index (χ3n) is 5.47. The lowest BCUT2D eigenvalue weighted by atomic mass is 10.1. The Labute approximate surface area is 203 Å². The molecule has 1 heterocycles. The summed E-state index contributed by atoms with van der Waals surface area (Å²) >= 11 is 0. The number of anilines is 3. The van der Waals surface area contributed by atoms with Crippen molar-refractivity contribution < 1.29 is 14.6 Å². The number of nitrogens with zero attached hydrogens (tertiary/aromatic N) is 2. The van der Waals surface area contributed by atoms with E-state index in [2.05, 4.69) is 15.7 Å². The van der Waals surface area contributed by atoms with Gasteiger partial charge in [0.25, 0.3) is 17.0 Å². The Balaban J connectivity index is 1.88. The first-order valence-corrected chi connectivity index (χ1v) is 11.2. The molecule has 0 saturated carbocycles. The lowest BCUT2D eigenvalue weighted by Gasteiger charge is -2.21. The van der Waals surface area contributed by atoms with Crippen molar-refractivity contribution >= 4 is 23.0 Å². The van der Waals surface area contributed by atoms with E-state index in [4.69, 9.17) is 4.74 Å². The van der Waals surface area contributed by atoms with Gasteiger partial charge < -0.3 is 25.4 Å². The highest BCUT2D eigenvalue weighted by Gasteiger charge is 2.21. The van der Waals surface area contributed by atoms with Crippen LogP contribution in [0.15, 0.2) is 58.1 Å². The van der Waals surface area contributed by atoms with Gasteiger partial charge in [-0.15, -0.1) is 0 Å². The summed E-state index contributed by atoms with van der Waals surface area (Å²) in [6.07, 6.45) is 0.626. The van der Waals surface area contributed by atoms with Gasteiger partial charge in [0.2, 0.25) is 0 Å². The Bertz CT molecular complexity index is 1280. The van der Waals surface area contributed by atoms with Crippen molar-refractivity contribution in [3.8, 4) is 5.75 Å². The van der Waals surface area contributed by atoms with Crippen LogP contribution < -0.4 is 21.8 Å². The molecular weight excluding hydrogens is 450 g/mol.